The van der Waals surface area contributed by atoms with Crippen LogP contribution < -0.4 is 10.6 Å². The number of hydrogen-bond acceptors (Lipinski definition) is 2. The van der Waals surface area contributed by atoms with Crippen molar-refractivity contribution in [2.45, 2.75) is 39.5 Å². The molecular weight excluding hydrogens is 215 g/mol. The predicted octanol–water partition coefficient (Wildman–Crippen LogP) is 3.81. The molecule has 1 aromatic carbocycles. The Morgan fingerprint density at radius 1 is 1.12 bits per heavy atom. The van der Waals surface area contributed by atoms with Crippen molar-refractivity contribution in [3.63, 3.8) is 0 Å². The summed E-state index contributed by atoms with van der Waals surface area (Å²) in [4.78, 5) is 2.25. The Labute approximate surface area is 104 Å². The van der Waals surface area contributed by atoms with Crippen molar-refractivity contribution in [3.8, 4) is 0 Å². The number of nitrogens with two attached hydrogens (primary N) is 1. The van der Waals surface area contributed by atoms with Gasteiger partial charge in [0.1, 0.15) is 5.82 Å². The quantitative estimate of drug-likeness (QED) is 0.732. The summed E-state index contributed by atoms with van der Waals surface area (Å²) >= 11 is 0. The minimum absolute atomic E-state index is 0.222. The van der Waals surface area contributed by atoms with Crippen molar-refractivity contribution >= 4 is 11.4 Å². The lowest BCUT2D eigenvalue weighted by Gasteiger charge is -2.24. The number of rotatable bonds is 7. The first-order valence-corrected chi connectivity index (χ1v) is 6.49. The Bertz CT molecular complexity index is 331. The first kappa shape index (κ1) is 13.8. The van der Waals surface area contributed by atoms with Crippen molar-refractivity contribution in [1.82, 2.24) is 0 Å². The summed E-state index contributed by atoms with van der Waals surface area (Å²) in [5, 5.41) is 0. The number of anilines is 2. The molecule has 0 bridgehead atoms. The Morgan fingerprint density at radius 3 is 2.18 bits per heavy atom. The lowest BCUT2D eigenvalue weighted by molar-refractivity contribution is 0.628. The number of halogens is 1. The van der Waals surface area contributed by atoms with E-state index < -0.39 is 0 Å². The third kappa shape index (κ3) is 4.25. The second-order valence-corrected chi connectivity index (χ2v) is 4.40. The first-order chi connectivity index (χ1) is 8.19. The zero-order valence-electron chi connectivity index (χ0n) is 10.9. The number of hydrogen-bond donors (Lipinski definition) is 1. The van der Waals surface area contributed by atoms with Gasteiger partial charge in [0.15, 0.2) is 0 Å². The van der Waals surface area contributed by atoms with Gasteiger partial charge in [-0.25, -0.2) is 4.39 Å². The summed E-state index contributed by atoms with van der Waals surface area (Å²) < 4.78 is 13.4. The fourth-order valence-corrected chi connectivity index (χ4v) is 1.78. The van der Waals surface area contributed by atoms with Crippen molar-refractivity contribution in [2.75, 3.05) is 23.7 Å². The number of unbranched alkanes of at least 4 members (excludes halogenated alkanes) is 2. The van der Waals surface area contributed by atoms with Crippen LogP contribution in [-0.2, 0) is 0 Å². The van der Waals surface area contributed by atoms with Gasteiger partial charge in [-0.05, 0) is 31.0 Å². The highest BCUT2D eigenvalue weighted by atomic mass is 19.1. The molecule has 0 fully saturated rings. The fourth-order valence-electron chi connectivity index (χ4n) is 1.78. The number of nitrogens with zero attached hydrogens (tertiary/aromatic N) is 1. The van der Waals surface area contributed by atoms with E-state index in [-0.39, 0.29) is 11.5 Å². The molecule has 3 heteroatoms. The summed E-state index contributed by atoms with van der Waals surface area (Å²) in [6.07, 6.45) is 4.57. The van der Waals surface area contributed by atoms with Crippen LogP contribution in [-0.4, -0.2) is 13.1 Å². The van der Waals surface area contributed by atoms with E-state index in [9.17, 15) is 4.39 Å². The molecule has 96 valence electrons. The Hall–Kier alpha value is -1.25. The summed E-state index contributed by atoms with van der Waals surface area (Å²) in [6.45, 7) is 6.31. The molecule has 0 saturated heterocycles. The number of nitrogen functional groups attached to an aromatic ring is 1. The zero-order valence-corrected chi connectivity index (χ0v) is 10.9. The van der Waals surface area contributed by atoms with Crippen molar-refractivity contribution in [3.05, 3.63) is 24.0 Å². The maximum Gasteiger partial charge on any atom is 0.148 e. The van der Waals surface area contributed by atoms with Gasteiger partial charge in [-0.3, -0.25) is 0 Å². The van der Waals surface area contributed by atoms with Crippen LogP contribution in [0, 0.1) is 5.82 Å². The van der Waals surface area contributed by atoms with Gasteiger partial charge in [-0.1, -0.05) is 26.7 Å². The molecule has 0 aromatic heterocycles. The molecule has 0 radical (unpaired) electrons. The molecule has 0 aliphatic carbocycles. The van der Waals surface area contributed by atoms with Crippen LogP contribution in [0.4, 0.5) is 15.8 Å². The highest BCUT2D eigenvalue weighted by Crippen LogP contribution is 2.21. The number of benzene rings is 1. The lowest BCUT2D eigenvalue weighted by Crippen LogP contribution is -2.25. The van der Waals surface area contributed by atoms with Crippen molar-refractivity contribution in [2.24, 2.45) is 0 Å². The van der Waals surface area contributed by atoms with Crippen LogP contribution in [0.1, 0.15) is 39.5 Å². The second kappa shape index (κ2) is 7.15. The molecule has 0 unspecified atom stereocenters. The lowest BCUT2D eigenvalue weighted by atomic mass is 10.2. The summed E-state index contributed by atoms with van der Waals surface area (Å²) in [7, 11) is 0. The summed E-state index contributed by atoms with van der Waals surface area (Å²) in [6, 6.07) is 5.10. The average molecular weight is 238 g/mol. The molecule has 1 aromatic rings. The maximum absolute atomic E-state index is 13.4. The van der Waals surface area contributed by atoms with Gasteiger partial charge in [0.05, 0.1) is 5.69 Å². The van der Waals surface area contributed by atoms with E-state index in [1.54, 1.807) is 12.1 Å². The van der Waals surface area contributed by atoms with Crippen LogP contribution in [0.25, 0.3) is 0 Å². The second-order valence-electron chi connectivity index (χ2n) is 4.40. The zero-order chi connectivity index (χ0) is 12.7. The minimum atomic E-state index is -0.319. The van der Waals surface area contributed by atoms with Crippen LogP contribution in [0.3, 0.4) is 0 Å². The predicted molar refractivity (Wildman–Crippen MR) is 72.8 cm³/mol. The average Bonchev–Trinajstić information content (AvgIpc) is 2.33. The molecular formula is C14H23FN2. The van der Waals surface area contributed by atoms with Gasteiger partial charge in [-0.2, -0.15) is 0 Å². The molecule has 0 amide bonds. The third-order valence-corrected chi connectivity index (χ3v) is 2.91. The largest absolute Gasteiger partial charge is 0.396 e. The van der Waals surface area contributed by atoms with Gasteiger partial charge in [0, 0.05) is 18.8 Å². The molecule has 2 N–H and O–H groups in total. The van der Waals surface area contributed by atoms with E-state index in [1.165, 1.54) is 0 Å². The smallest absolute Gasteiger partial charge is 0.148 e. The Kier molecular flexibility index (Phi) is 5.81. The van der Waals surface area contributed by atoms with E-state index in [0.717, 1.165) is 44.5 Å². The van der Waals surface area contributed by atoms with Crippen LogP contribution >= 0.6 is 0 Å². The Balaban J connectivity index is 2.75. The standard InChI is InChI=1S/C14H23FN2/c1-3-5-9-17(10-6-4-2)12-7-8-14(16)13(15)11-12/h7-8,11H,3-6,9-10,16H2,1-2H3. The molecule has 0 spiro atoms. The van der Waals surface area contributed by atoms with E-state index in [0.29, 0.717) is 0 Å². The van der Waals surface area contributed by atoms with Crippen LogP contribution in [0.15, 0.2) is 18.2 Å². The molecule has 0 atom stereocenters. The van der Waals surface area contributed by atoms with E-state index in [2.05, 4.69) is 18.7 Å². The fraction of sp³-hybridized carbons (Fsp3) is 0.571. The molecule has 2 nitrogen and oxygen atoms in total. The molecule has 0 heterocycles. The maximum atomic E-state index is 13.4. The molecule has 17 heavy (non-hydrogen) atoms. The Morgan fingerprint density at radius 2 is 1.71 bits per heavy atom. The highest BCUT2D eigenvalue weighted by molar-refractivity contribution is 5.54. The summed E-state index contributed by atoms with van der Waals surface area (Å²) in [5.74, 6) is -0.319. The highest BCUT2D eigenvalue weighted by Gasteiger charge is 2.07. The molecule has 1 rings (SSSR count). The van der Waals surface area contributed by atoms with Gasteiger partial charge in [0.2, 0.25) is 0 Å². The molecule has 0 saturated carbocycles. The van der Waals surface area contributed by atoms with Gasteiger partial charge in [-0.15, -0.1) is 0 Å². The SMILES string of the molecule is CCCCN(CCCC)c1ccc(N)c(F)c1. The van der Waals surface area contributed by atoms with E-state index in [4.69, 9.17) is 5.73 Å². The monoisotopic (exact) mass is 238 g/mol. The van der Waals surface area contributed by atoms with Gasteiger partial charge >= 0.3 is 0 Å². The van der Waals surface area contributed by atoms with E-state index >= 15 is 0 Å². The van der Waals surface area contributed by atoms with E-state index in [1.807, 2.05) is 6.07 Å². The molecule has 0 aliphatic heterocycles. The normalized spacial score (nSPS) is 10.5. The van der Waals surface area contributed by atoms with Crippen molar-refractivity contribution < 1.29 is 4.39 Å². The van der Waals surface area contributed by atoms with Gasteiger partial charge in [0.25, 0.3) is 0 Å². The summed E-state index contributed by atoms with van der Waals surface area (Å²) in [5.41, 5.74) is 6.66. The minimum Gasteiger partial charge on any atom is -0.396 e. The molecule has 0 aliphatic rings. The van der Waals surface area contributed by atoms with Crippen LogP contribution in [0.2, 0.25) is 0 Å². The van der Waals surface area contributed by atoms with Crippen LogP contribution in [0.5, 0.6) is 0 Å². The van der Waals surface area contributed by atoms with Gasteiger partial charge < -0.3 is 10.6 Å². The third-order valence-electron chi connectivity index (χ3n) is 2.91. The first-order valence-electron chi connectivity index (χ1n) is 6.49. The topological polar surface area (TPSA) is 29.3 Å². The van der Waals surface area contributed by atoms with Crippen molar-refractivity contribution in [1.29, 1.82) is 0 Å².